The number of anilines is 3. The number of para-hydroxylation sites is 1. The zero-order valence-electron chi connectivity index (χ0n) is 15.0. The molecule has 1 aliphatic rings. The van der Waals surface area contributed by atoms with Gasteiger partial charge >= 0.3 is 0 Å². The number of halogens is 2. The van der Waals surface area contributed by atoms with Crippen molar-refractivity contribution in [3.63, 3.8) is 0 Å². The molecule has 0 aliphatic carbocycles. The number of nitrogens with zero attached hydrogens (tertiary/aromatic N) is 4. The van der Waals surface area contributed by atoms with E-state index in [-0.39, 0.29) is 25.2 Å². The van der Waals surface area contributed by atoms with Crippen molar-refractivity contribution in [1.29, 1.82) is 0 Å². The van der Waals surface area contributed by atoms with Crippen LogP contribution in [0, 0.1) is 11.6 Å². The van der Waals surface area contributed by atoms with E-state index in [0.717, 1.165) is 6.42 Å². The van der Waals surface area contributed by atoms with Crippen LogP contribution in [0.4, 0.5) is 26.4 Å². The lowest BCUT2D eigenvalue weighted by atomic mass is 10.2. The maximum Gasteiger partial charge on any atom is 0.224 e. The van der Waals surface area contributed by atoms with Crippen LogP contribution in [0.2, 0.25) is 0 Å². The Morgan fingerprint density at radius 2 is 1.96 bits per heavy atom. The summed E-state index contributed by atoms with van der Waals surface area (Å²) in [5.41, 5.74) is 0.875. The SMILES string of the molecule is C.CC(C)Nc1ncc2nc(Nc3c(F)cccc3F)n([C@@H]3CCOC3)c2n1. The number of ether oxygens (including phenoxy) is 1. The summed E-state index contributed by atoms with van der Waals surface area (Å²) in [6.45, 7) is 5.07. The van der Waals surface area contributed by atoms with E-state index in [2.05, 4.69) is 25.6 Å². The Bertz CT molecular complexity index is 948. The predicted octanol–water partition coefficient (Wildman–Crippen LogP) is 4.27. The number of benzene rings is 1. The Hall–Kier alpha value is -2.81. The molecule has 0 radical (unpaired) electrons. The molecule has 0 saturated carbocycles. The number of fused-ring (bicyclic) bond motifs is 1. The first-order chi connectivity index (χ1) is 13.0. The van der Waals surface area contributed by atoms with Crippen molar-refractivity contribution in [2.75, 3.05) is 23.8 Å². The molecule has 0 spiro atoms. The summed E-state index contributed by atoms with van der Waals surface area (Å²) < 4.78 is 35.5. The van der Waals surface area contributed by atoms with Crippen LogP contribution in [0.15, 0.2) is 24.4 Å². The second-order valence-corrected chi connectivity index (χ2v) is 6.75. The third kappa shape index (κ3) is 3.75. The first-order valence-corrected chi connectivity index (χ1v) is 8.83. The molecule has 2 aromatic heterocycles. The molecule has 0 unspecified atom stereocenters. The smallest absolute Gasteiger partial charge is 0.224 e. The van der Waals surface area contributed by atoms with Gasteiger partial charge < -0.3 is 15.4 Å². The van der Waals surface area contributed by atoms with E-state index < -0.39 is 11.6 Å². The molecular formula is C19H24F2N6O. The van der Waals surface area contributed by atoms with E-state index in [0.29, 0.717) is 36.3 Å². The molecular weight excluding hydrogens is 366 g/mol. The van der Waals surface area contributed by atoms with Crippen LogP contribution in [-0.4, -0.2) is 38.8 Å². The van der Waals surface area contributed by atoms with E-state index in [9.17, 15) is 8.78 Å². The number of hydrogen-bond donors (Lipinski definition) is 2. The minimum atomic E-state index is -0.690. The van der Waals surface area contributed by atoms with Gasteiger partial charge in [-0.15, -0.1) is 0 Å². The minimum Gasteiger partial charge on any atom is -0.379 e. The average molecular weight is 390 g/mol. The largest absolute Gasteiger partial charge is 0.379 e. The van der Waals surface area contributed by atoms with Crippen molar-refractivity contribution in [3.8, 4) is 0 Å². The van der Waals surface area contributed by atoms with Crippen LogP contribution < -0.4 is 10.6 Å². The molecule has 0 amide bonds. The fourth-order valence-corrected chi connectivity index (χ4v) is 3.11. The normalized spacial score (nSPS) is 16.4. The van der Waals surface area contributed by atoms with Crippen molar-refractivity contribution >= 4 is 28.7 Å². The Labute approximate surface area is 162 Å². The van der Waals surface area contributed by atoms with E-state index >= 15 is 0 Å². The highest BCUT2D eigenvalue weighted by atomic mass is 19.1. The molecule has 7 nitrogen and oxygen atoms in total. The molecule has 28 heavy (non-hydrogen) atoms. The highest BCUT2D eigenvalue weighted by Gasteiger charge is 2.26. The Kier molecular flexibility index (Phi) is 5.73. The molecule has 3 heterocycles. The monoisotopic (exact) mass is 390 g/mol. The molecule has 4 rings (SSSR count). The summed E-state index contributed by atoms with van der Waals surface area (Å²) >= 11 is 0. The van der Waals surface area contributed by atoms with E-state index in [1.807, 2.05) is 18.4 Å². The summed E-state index contributed by atoms with van der Waals surface area (Å²) in [5, 5.41) is 5.95. The maximum absolute atomic E-state index is 14.1. The molecule has 9 heteroatoms. The zero-order chi connectivity index (χ0) is 19.0. The van der Waals surface area contributed by atoms with Crippen LogP contribution in [0.25, 0.3) is 11.2 Å². The van der Waals surface area contributed by atoms with Crippen molar-refractivity contribution < 1.29 is 13.5 Å². The first kappa shape index (κ1) is 19.9. The number of rotatable bonds is 5. The summed E-state index contributed by atoms with van der Waals surface area (Å²) in [5.74, 6) is -0.601. The van der Waals surface area contributed by atoms with Crippen molar-refractivity contribution in [2.24, 2.45) is 0 Å². The van der Waals surface area contributed by atoms with Crippen LogP contribution in [0.1, 0.15) is 33.7 Å². The van der Waals surface area contributed by atoms with Gasteiger partial charge in [-0.2, -0.15) is 4.98 Å². The number of hydrogen-bond acceptors (Lipinski definition) is 6. The van der Waals surface area contributed by atoms with Crippen LogP contribution in [-0.2, 0) is 4.74 Å². The molecule has 1 fully saturated rings. The van der Waals surface area contributed by atoms with Gasteiger partial charge in [0.2, 0.25) is 11.9 Å². The lowest BCUT2D eigenvalue weighted by Crippen LogP contribution is -2.15. The van der Waals surface area contributed by atoms with Crippen LogP contribution in [0.3, 0.4) is 0 Å². The van der Waals surface area contributed by atoms with Crippen molar-refractivity contribution in [3.05, 3.63) is 36.0 Å². The van der Waals surface area contributed by atoms with E-state index in [4.69, 9.17) is 4.74 Å². The fourth-order valence-electron chi connectivity index (χ4n) is 3.11. The van der Waals surface area contributed by atoms with E-state index in [1.54, 1.807) is 6.20 Å². The Balaban J connectivity index is 0.00000225. The van der Waals surface area contributed by atoms with Gasteiger partial charge in [-0.05, 0) is 32.4 Å². The molecule has 1 saturated heterocycles. The number of nitrogens with one attached hydrogen (secondary N) is 2. The average Bonchev–Trinajstić information content (AvgIpc) is 3.24. The lowest BCUT2D eigenvalue weighted by molar-refractivity contribution is 0.187. The second kappa shape index (κ2) is 8.05. The van der Waals surface area contributed by atoms with Crippen molar-refractivity contribution in [2.45, 2.75) is 39.8 Å². The minimum absolute atomic E-state index is 0. The quantitative estimate of drug-likeness (QED) is 0.678. The molecule has 150 valence electrons. The van der Waals surface area contributed by atoms with Crippen LogP contribution in [0.5, 0.6) is 0 Å². The standard InChI is InChI=1S/C18H20F2N6O.CH4/c1-10(2)22-17-21-8-14-16(25-17)26(11-6-7-27-9-11)18(23-14)24-15-12(19)4-3-5-13(15)20;/h3-5,8,10-11H,6-7,9H2,1-2H3,(H,23,24)(H,21,22,25);1H4/t11-;/m1./s1. The highest BCUT2D eigenvalue weighted by Crippen LogP contribution is 2.31. The fraction of sp³-hybridized carbons (Fsp3) is 0.421. The van der Waals surface area contributed by atoms with Gasteiger partial charge in [-0.1, -0.05) is 13.5 Å². The first-order valence-electron chi connectivity index (χ1n) is 8.83. The van der Waals surface area contributed by atoms with Gasteiger partial charge in [-0.25, -0.2) is 18.7 Å². The van der Waals surface area contributed by atoms with Crippen LogP contribution >= 0.6 is 0 Å². The maximum atomic E-state index is 14.1. The van der Waals surface area contributed by atoms with Gasteiger partial charge in [0, 0.05) is 12.6 Å². The number of aromatic nitrogens is 4. The second-order valence-electron chi connectivity index (χ2n) is 6.75. The lowest BCUT2D eigenvalue weighted by Gasteiger charge is -2.16. The molecule has 3 aromatic rings. The Morgan fingerprint density at radius 3 is 2.61 bits per heavy atom. The summed E-state index contributed by atoms with van der Waals surface area (Å²) in [6, 6.07) is 3.84. The summed E-state index contributed by atoms with van der Waals surface area (Å²) in [6.07, 6.45) is 2.36. The molecule has 1 atom stereocenters. The third-order valence-electron chi connectivity index (χ3n) is 4.32. The van der Waals surface area contributed by atoms with Crippen molar-refractivity contribution in [1.82, 2.24) is 19.5 Å². The highest BCUT2D eigenvalue weighted by molar-refractivity contribution is 5.76. The van der Waals surface area contributed by atoms with Gasteiger partial charge in [-0.3, -0.25) is 4.57 Å². The Morgan fingerprint density at radius 1 is 1.21 bits per heavy atom. The third-order valence-corrected chi connectivity index (χ3v) is 4.32. The summed E-state index contributed by atoms with van der Waals surface area (Å²) in [4.78, 5) is 13.3. The van der Waals surface area contributed by atoms with Gasteiger partial charge in [0.15, 0.2) is 5.65 Å². The van der Waals surface area contributed by atoms with Gasteiger partial charge in [0.1, 0.15) is 22.8 Å². The van der Waals surface area contributed by atoms with Gasteiger partial charge in [0.25, 0.3) is 0 Å². The van der Waals surface area contributed by atoms with E-state index in [1.165, 1.54) is 18.2 Å². The molecule has 1 aromatic carbocycles. The van der Waals surface area contributed by atoms with Gasteiger partial charge in [0.05, 0.1) is 18.8 Å². The summed E-state index contributed by atoms with van der Waals surface area (Å²) in [7, 11) is 0. The molecule has 2 N–H and O–H groups in total. The number of imidazole rings is 1. The predicted molar refractivity (Wildman–Crippen MR) is 105 cm³/mol. The topological polar surface area (TPSA) is 76.9 Å². The zero-order valence-corrected chi connectivity index (χ0v) is 15.0. The molecule has 1 aliphatic heterocycles. The molecule has 0 bridgehead atoms.